The van der Waals surface area contributed by atoms with Crippen molar-refractivity contribution in [2.45, 2.75) is 19.6 Å². The van der Waals surface area contributed by atoms with Gasteiger partial charge in [0, 0.05) is 32.1 Å². The molecule has 0 aliphatic heterocycles. The van der Waals surface area contributed by atoms with E-state index < -0.39 is 0 Å². The fourth-order valence-corrected chi connectivity index (χ4v) is 2.53. The van der Waals surface area contributed by atoms with Crippen LogP contribution in [0.1, 0.15) is 27.6 Å². The summed E-state index contributed by atoms with van der Waals surface area (Å²) in [5.41, 5.74) is 1.50. The zero-order chi connectivity index (χ0) is 17.6. The first-order valence-electron chi connectivity index (χ1n) is 8.04. The predicted molar refractivity (Wildman–Crippen MR) is 92.5 cm³/mol. The average Bonchev–Trinajstić information content (AvgIpc) is 3.22. The molecule has 0 radical (unpaired) electrons. The van der Waals surface area contributed by atoms with E-state index in [-0.39, 0.29) is 11.6 Å². The molecule has 1 aromatic carbocycles. The first-order valence-corrected chi connectivity index (χ1v) is 8.04. The van der Waals surface area contributed by atoms with Gasteiger partial charge in [0.15, 0.2) is 11.5 Å². The summed E-state index contributed by atoms with van der Waals surface area (Å²) in [4.78, 5) is 18.4. The number of benzene rings is 1. The van der Waals surface area contributed by atoms with Crippen molar-refractivity contribution in [2.24, 2.45) is 7.05 Å². The lowest BCUT2D eigenvalue weighted by Crippen LogP contribution is -2.24. The molecule has 3 aromatic rings. The van der Waals surface area contributed by atoms with Gasteiger partial charge in [0.2, 0.25) is 0 Å². The maximum atomic E-state index is 12.2. The minimum atomic E-state index is -0.274. The van der Waals surface area contributed by atoms with Gasteiger partial charge >= 0.3 is 0 Å². The lowest BCUT2D eigenvalue weighted by Gasteiger charge is -2.14. The Morgan fingerprint density at radius 3 is 2.80 bits per heavy atom. The Labute approximate surface area is 146 Å². The number of carbonyl (C=O) groups is 1. The number of rotatable bonds is 7. The fraction of sp³-hybridized carbons (Fsp3) is 0.278. The molecule has 0 aliphatic rings. The Hall–Kier alpha value is -2.93. The van der Waals surface area contributed by atoms with Crippen molar-refractivity contribution in [3.05, 3.63) is 71.6 Å². The van der Waals surface area contributed by atoms with Crippen molar-refractivity contribution < 1.29 is 9.32 Å². The molecule has 2 aromatic heterocycles. The van der Waals surface area contributed by atoms with Crippen LogP contribution in [0.25, 0.3) is 0 Å². The molecule has 2 heterocycles. The van der Waals surface area contributed by atoms with Gasteiger partial charge in [-0.25, -0.2) is 4.98 Å². The zero-order valence-electron chi connectivity index (χ0n) is 14.3. The number of hydrogen-bond acceptors (Lipinski definition) is 5. The van der Waals surface area contributed by atoms with Crippen LogP contribution in [0, 0.1) is 0 Å². The second-order valence-electron chi connectivity index (χ2n) is 5.97. The highest BCUT2D eigenvalue weighted by atomic mass is 16.5. The molecule has 0 bridgehead atoms. The maximum absolute atomic E-state index is 12.2. The summed E-state index contributed by atoms with van der Waals surface area (Å²) in [6, 6.07) is 11.9. The van der Waals surface area contributed by atoms with E-state index in [9.17, 15) is 4.79 Å². The van der Waals surface area contributed by atoms with Crippen molar-refractivity contribution in [1.29, 1.82) is 0 Å². The maximum Gasteiger partial charge on any atom is 0.273 e. The normalized spacial score (nSPS) is 11.0. The van der Waals surface area contributed by atoms with E-state index in [0.717, 1.165) is 12.4 Å². The zero-order valence-corrected chi connectivity index (χ0v) is 14.3. The summed E-state index contributed by atoms with van der Waals surface area (Å²) < 4.78 is 7.14. The van der Waals surface area contributed by atoms with E-state index in [4.69, 9.17) is 4.52 Å². The summed E-state index contributed by atoms with van der Waals surface area (Å²) in [7, 11) is 3.88. The molecule has 25 heavy (non-hydrogen) atoms. The first kappa shape index (κ1) is 16.9. The molecule has 7 heteroatoms. The Bertz CT molecular complexity index is 825. The van der Waals surface area contributed by atoms with Crippen LogP contribution >= 0.6 is 0 Å². The topological polar surface area (TPSA) is 76.2 Å². The number of imidazole rings is 1. The molecule has 0 saturated carbocycles. The van der Waals surface area contributed by atoms with Gasteiger partial charge in [0.1, 0.15) is 5.82 Å². The summed E-state index contributed by atoms with van der Waals surface area (Å²) in [6.07, 6.45) is 3.52. The Kier molecular flexibility index (Phi) is 5.25. The third-order valence-corrected chi connectivity index (χ3v) is 3.84. The van der Waals surface area contributed by atoms with E-state index >= 15 is 0 Å². The third kappa shape index (κ3) is 4.54. The smallest absolute Gasteiger partial charge is 0.273 e. The lowest BCUT2D eigenvalue weighted by molar-refractivity contribution is 0.0940. The van der Waals surface area contributed by atoms with Gasteiger partial charge in [-0.3, -0.25) is 9.69 Å². The van der Waals surface area contributed by atoms with Gasteiger partial charge in [0.25, 0.3) is 5.91 Å². The highest BCUT2D eigenvalue weighted by Gasteiger charge is 2.14. The molecule has 1 amide bonds. The van der Waals surface area contributed by atoms with Crippen molar-refractivity contribution >= 4 is 5.91 Å². The molecule has 0 unspecified atom stereocenters. The van der Waals surface area contributed by atoms with E-state index in [1.165, 1.54) is 5.56 Å². The number of nitrogens with zero attached hydrogens (tertiary/aromatic N) is 4. The van der Waals surface area contributed by atoms with Gasteiger partial charge in [0.05, 0.1) is 13.1 Å². The predicted octanol–water partition coefficient (Wildman–Crippen LogP) is 1.97. The largest absolute Gasteiger partial charge is 0.359 e. The van der Waals surface area contributed by atoms with Crippen LogP contribution in [0.2, 0.25) is 0 Å². The van der Waals surface area contributed by atoms with Gasteiger partial charge in [-0.1, -0.05) is 35.5 Å². The number of carbonyl (C=O) groups excluding carboxylic acids is 1. The van der Waals surface area contributed by atoms with Crippen LogP contribution in [-0.2, 0) is 26.7 Å². The molecule has 7 nitrogen and oxygen atoms in total. The molecule has 1 N–H and O–H groups in total. The van der Waals surface area contributed by atoms with Gasteiger partial charge in [-0.2, -0.15) is 0 Å². The Balaban J connectivity index is 1.52. The van der Waals surface area contributed by atoms with Gasteiger partial charge in [-0.05, 0) is 12.6 Å². The van der Waals surface area contributed by atoms with E-state index in [1.54, 1.807) is 12.3 Å². The van der Waals surface area contributed by atoms with E-state index in [1.807, 2.05) is 43.1 Å². The fourth-order valence-electron chi connectivity index (χ4n) is 2.53. The molecule has 0 spiro atoms. The summed E-state index contributed by atoms with van der Waals surface area (Å²) in [5, 5.41) is 6.65. The second kappa shape index (κ2) is 7.76. The molecular weight excluding hydrogens is 318 g/mol. The lowest BCUT2D eigenvalue weighted by atomic mass is 10.2. The molecular formula is C18H21N5O2. The molecule has 0 aliphatic carbocycles. The summed E-state index contributed by atoms with van der Waals surface area (Å²) in [5.74, 6) is 1.16. The number of aromatic nitrogens is 3. The van der Waals surface area contributed by atoms with Crippen LogP contribution in [0.5, 0.6) is 0 Å². The van der Waals surface area contributed by atoms with Crippen LogP contribution in [0.4, 0.5) is 0 Å². The van der Waals surface area contributed by atoms with Crippen LogP contribution in [-0.4, -0.2) is 32.6 Å². The Morgan fingerprint density at radius 2 is 2.08 bits per heavy atom. The second-order valence-corrected chi connectivity index (χ2v) is 5.97. The molecule has 0 saturated heterocycles. The first-order chi connectivity index (χ1) is 12.1. The van der Waals surface area contributed by atoms with Crippen LogP contribution < -0.4 is 5.32 Å². The van der Waals surface area contributed by atoms with E-state index in [2.05, 4.69) is 32.5 Å². The van der Waals surface area contributed by atoms with Crippen LogP contribution in [0.15, 0.2) is 53.3 Å². The number of amides is 1. The standard InChI is InChI=1S/C18H21N5O2/c1-22(12-14-6-4-3-5-7-14)13-15-10-16(21-25-15)18(24)20-11-17-19-8-9-23(17)2/h3-10H,11-13H2,1-2H3,(H,20,24). The van der Waals surface area contributed by atoms with Gasteiger partial charge in [-0.15, -0.1) is 0 Å². The molecule has 130 valence electrons. The minimum absolute atomic E-state index is 0.274. The highest BCUT2D eigenvalue weighted by Crippen LogP contribution is 2.10. The minimum Gasteiger partial charge on any atom is -0.359 e. The summed E-state index contributed by atoms with van der Waals surface area (Å²) in [6.45, 7) is 1.72. The number of aryl methyl sites for hydroxylation is 1. The van der Waals surface area contributed by atoms with Crippen molar-refractivity contribution in [2.75, 3.05) is 7.05 Å². The highest BCUT2D eigenvalue weighted by molar-refractivity contribution is 5.92. The summed E-state index contributed by atoms with van der Waals surface area (Å²) >= 11 is 0. The van der Waals surface area contributed by atoms with E-state index in [0.29, 0.717) is 18.8 Å². The van der Waals surface area contributed by atoms with Gasteiger partial charge < -0.3 is 14.4 Å². The molecule has 0 atom stereocenters. The monoisotopic (exact) mass is 339 g/mol. The number of hydrogen-bond donors (Lipinski definition) is 1. The average molecular weight is 339 g/mol. The van der Waals surface area contributed by atoms with Crippen molar-refractivity contribution in [3.8, 4) is 0 Å². The number of nitrogens with one attached hydrogen (secondary N) is 1. The van der Waals surface area contributed by atoms with Crippen LogP contribution in [0.3, 0.4) is 0 Å². The quantitative estimate of drug-likeness (QED) is 0.712. The third-order valence-electron chi connectivity index (χ3n) is 3.84. The molecule has 3 rings (SSSR count). The van der Waals surface area contributed by atoms with Crippen molar-refractivity contribution in [3.63, 3.8) is 0 Å². The SMILES string of the molecule is CN(Cc1ccccc1)Cc1cc(C(=O)NCc2nccn2C)no1. The van der Waals surface area contributed by atoms with Crippen molar-refractivity contribution in [1.82, 2.24) is 24.9 Å². The molecule has 0 fully saturated rings. The Morgan fingerprint density at radius 1 is 1.28 bits per heavy atom.